The third kappa shape index (κ3) is 4.83. The average Bonchev–Trinajstić information content (AvgIpc) is 2.25. The van der Waals surface area contributed by atoms with Gasteiger partial charge in [0.05, 0.1) is 0 Å². The largest absolute Gasteiger partial charge is 0.0921 e. The van der Waals surface area contributed by atoms with Crippen LogP contribution < -0.4 is 0 Å². The minimum Gasteiger partial charge on any atom is -0.0921 e. The first kappa shape index (κ1) is 12.8. The Labute approximate surface area is 102 Å². The van der Waals surface area contributed by atoms with E-state index in [9.17, 15) is 0 Å². The van der Waals surface area contributed by atoms with E-state index in [1.165, 1.54) is 24.8 Å². The third-order valence-electron chi connectivity index (χ3n) is 2.79. The molecule has 1 unspecified atom stereocenters. The van der Waals surface area contributed by atoms with Crippen molar-refractivity contribution in [3.8, 4) is 0 Å². The lowest BCUT2D eigenvalue weighted by Gasteiger charge is -2.14. The number of hydrogen-bond acceptors (Lipinski definition) is 0. The van der Waals surface area contributed by atoms with Crippen LogP contribution in [0.3, 0.4) is 0 Å². The summed E-state index contributed by atoms with van der Waals surface area (Å²) in [6.07, 6.45) is 3.98. The lowest BCUT2D eigenvalue weighted by Crippen LogP contribution is -2.01. The fraction of sp³-hybridized carbons (Fsp3) is 0.571. The molecule has 0 saturated carbocycles. The smallest absolute Gasteiger partial charge is 0.0100 e. The van der Waals surface area contributed by atoms with E-state index in [4.69, 9.17) is 0 Å². The first-order valence-corrected chi connectivity index (χ1v) is 6.97. The molecule has 0 aliphatic carbocycles. The standard InChI is InChI=1S/C14H21Br/c1-12(2)7-6-10-14(11-15)13-8-4-3-5-9-13/h3-5,8-9,12,14H,6-7,10-11H2,1-2H3. The zero-order chi connectivity index (χ0) is 11.1. The molecule has 0 radical (unpaired) electrons. The van der Waals surface area contributed by atoms with Crippen molar-refractivity contribution in [3.63, 3.8) is 0 Å². The molecule has 1 rings (SSSR count). The molecule has 1 aromatic rings. The zero-order valence-corrected chi connectivity index (χ0v) is 11.3. The summed E-state index contributed by atoms with van der Waals surface area (Å²) in [6, 6.07) is 10.8. The third-order valence-corrected chi connectivity index (χ3v) is 3.57. The summed E-state index contributed by atoms with van der Waals surface area (Å²) in [6.45, 7) is 4.59. The Kier molecular flexibility index (Phi) is 6.00. The first-order valence-electron chi connectivity index (χ1n) is 5.85. The van der Waals surface area contributed by atoms with Crippen molar-refractivity contribution in [1.82, 2.24) is 0 Å². The maximum atomic E-state index is 3.62. The van der Waals surface area contributed by atoms with Gasteiger partial charge in [0.2, 0.25) is 0 Å². The molecule has 1 atom stereocenters. The molecule has 0 spiro atoms. The second-order valence-electron chi connectivity index (χ2n) is 4.59. The highest BCUT2D eigenvalue weighted by Gasteiger charge is 2.09. The van der Waals surface area contributed by atoms with Crippen LogP contribution in [-0.4, -0.2) is 5.33 Å². The maximum absolute atomic E-state index is 3.62. The van der Waals surface area contributed by atoms with Crippen molar-refractivity contribution >= 4 is 15.9 Å². The van der Waals surface area contributed by atoms with Gasteiger partial charge < -0.3 is 0 Å². The van der Waals surface area contributed by atoms with E-state index in [1.54, 1.807) is 0 Å². The summed E-state index contributed by atoms with van der Waals surface area (Å²) in [5, 5.41) is 1.08. The second-order valence-corrected chi connectivity index (χ2v) is 5.23. The molecule has 1 heteroatoms. The fourth-order valence-corrected chi connectivity index (χ4v) is 2.53. The number of halogens is 1. The summed E-state index contributed by atoms with van der Waals surface area (Å²) in [5.41, 5.74) is 1.47. The van der Waals surface area contributed by atoms with Crippen LogP contribution in [0.4, 0.5) is 0 Å². The molecular weight excluding hydrogens is 248 g/mol. The minimum atomic E-state index is 0.685. The number of benzene rings is 1. The van der Waals surface area contributed by atoms with Gasteiger partial charge in [-0.25, -0.2) is 0 Å². The Hall–Kier alpha value is -0.300. The van der Waals surface area contributed by atoms with E-state index < -0.39 is 0 Å². The Morgan fingerprint density at radius 2 is 1.73 bits per heavy atom. The van der Waals surface area contributed by atoms with Crippen LogP contribution in [-0.2, 0) is 0 Å². The van der Waals surface area contributed by atoms with Crippen molar-refractivity contribution < 1.29 is 0 Å². The van der Waals surface area contributed by atoms with Crippen LogP contribution in [0.5, 0.6) is 0 Å². The number of hydrogen-bond donors (Lipinski definition) is 0. The van der Waals surface area contributed by atoms with Crippen molar-refractivity contribution in [2.45, 2.75) is 39.0 Å². The highest BCUT2D eigenvalue weighted by atomic mass is 79.9. The molecule has 15 heavy (non-hydrogen) atoms. The monoisotopic (exact) mass is 268 g/mol. The zero-order valence-electron chi connectivity index (χ0n) is 9.75. The topological polar surface area (TPSA) is 0 Å². The van der Waals surface area contributed by atoms with Crippen LogP contribution in [0.25, 0.3) is 0 Å². The van der Waals surface area contributed by atoms with Crippen LogP contribution in [0.2, 0.25) is 0 Å². The molecule has 0 N–H and O–H groups in total. The van der Waals surface area contributed by atoms with E-state index in [2.05, 4.69) is 60.1 Å². The predicted octanol–water partition coefficient (Wildman–Crippen LogP) is 4.99. The fourth-order valence-electron chi connectivity index (χ4n) is 1.83. The van der Waals surface area contributed by atoms with Crippen molar-refractivity contribution in [1.29, 1.82) is 0 Å². The quantitative estimate of drug-likeness (QED) is 0.638. The van der Waals surface area contributed by atoms with Gasteiger partial charge in [-0.15, -0.1) is 0 Å². The molecular formula is C14H21Br. The Bertz CT molecular complexity index is 253. The van der Waals surface area contributed by atoms with Gasteiger partial charge in [0.1, 0.15) is 0 Å². The van der Waals surface area contributed by atoms with Crippen molar-refractivity contribution in [3.05, 3.63) is 35.9 Å². The van der Waals surface area contributed by atoms with Crippen molar-refractivity contribution in [2.75, 3.05) is 5.33 Å². The van der Waals surface area contributed by atoms with Crippen LogP contribution in [0.15, 0.2) is 30.3 Å². The summed E-state index contributed by atoms with van der Waals surface area (Å²) in [4.78, 5) is 0. The van der Waals surface area contributed by atoms with E-state index >= 15 is 0 Å². The average molecular weight is 269 g/mol. The summed E-state index contributed by atoms with van der Waals surface area (Å²) in [7, 11) is 0. The maximum Gasteiger partial charge on any atom is 0.0100 e. The van der Waals surface area contributed by atoms with Gasteiger partial charge in [-0.3, -0.25) is 0 Å². The molecule has 0 nitrogen and oxygen atoms in total. The number of rotatable bonds is 6. The van der Waals surface area contributed by atoms with E-state index in [0.29, 0.717) is 5.92 Å². The molecule has 0 bridgehead atoms. The second kappa shape index (κ2) is 7.05. The summed E-state index contributed by atoms with van der Waals surface area (Å²) in [5.74, 6) is 1.52. The van der Waals surface area contributed by atoms with Gasteiger partial charge >= 0.3 is 0 Å². The molecule has 0 saturated heterocycles. The molecule has 0 aliphatic rings. The number of alkyl halides is 1. The van der Waals surface area contributed by atoms with Crippen LogP contribution in [0.1, 0.15) is 44.6 Å². The van der Waals surface area contributed by atoms with Crippen LogP contribution >= 0.6 is 15.9 Å². The normalized spacial score (nSPS) is 13.1. The van der Waals surface area contributed by atoms with Gasteiger partial charge in [0.15, 0.2) is 0 Å². The lowest BCUT2D eigenvalue weighted by molar-refractivity contribution is 0.515. The Morgan fingerprint density at radius 1 is 1.07 bits per heavy atom. The SMILES string of the molecule is CC(C)CCCC(CBr)c1ccccc1. The molecule has 1 aromatic carbocycles. The highest BCUT2D eigenvalue weighted by Crippen LogP contribution is 2.24. The predicted molar refractivity (Wildman–Crippen MR) is 71.7 cm³/mol. The van der Waals surface area contributed by atoms with Crippen LogP contribution in [0, 0.1) is 5.92 Å². The molecule has 0 amide bonds. The Balaban J connectivity index is 2.43. The molecule has 0 aromatic heterocycles. The highest BCUT2D eigenvalue weighted by molar-refractivity contribution is 9.09. The molecule has 0 fully saturated rings. The van der Waals surface area contributed by atoms with Gasteiger partial charge in [-0.05, 0) is 23.8 Å². The summed E-state index contributed by atoms with van der Waals surface area (Å²) < 4.78 is 0. The Morgan fingerprint density at radius 3 is 2.27 bits per heavy atom. The summed E-state index contributed by atoms with van der Waals surface area (Å²) >= 11 is 3.62. The molecule has 0 heterocycles. The van der Waals surface area contributed by atoms with Crippen molar-refractivity contribution in [2.24, 2.45) is 5.92 Å². The lowest BCUT2D eigenvalue weighted by atomic mass is 9.94. The van der Waals surface area contributed by atoms with Gasteiger partial charge in [0.25, 0.3) is 0 Å². The van der Waals surface area contributed by atoms with E-state index in [0.717, 1.165) is 11.2 Å². The first-order chi connectivity index (χ1) is 7.24. The van der Waals surface area contributed by atoms with Gasteiger partial charge in [-0.1, -0.05) is 73.0 Å². The van der Waals surface area contributed by atoms with Gasteiger partial charge in [0, 0.05) is 5.33 Å². The molecule has 84 valence electrons. The van der Waals surface area contributed by atoms with E-state index in [1.807, 2.05) is 0 Å². The minimum absolute atomic E-state index is 0.685. The molecule has 0 aliphatic heterocycles. The van der Waals surface area contributed by atoms with Gasteiger partial charge in [-0.2, -0.15) is 0 Å². The van der Waals surface area contributed by atoms with E-state index in [-0.39, 0.29) is 0 Å².